The van der Waals surface area contributed by atoms with E-state index in [9.17, 15) is 13.0 Å². The molecule has 0 aliphatic carbocycles. The van der Waals surface area contributed by atoms with Crippen LogP contribution in [0, 0.1) is 0 Å². The van der Waals surface area contributed by atoms with Crippen molar-refractivity contribution >= 4 is 10.1 Å². The van der Waals surface area contributed by atoms with E-state index in [0.29, 0.717) is 32.8 Å². The lowest BCUT2D eigenvalue weighted by Gasteiger charge is -2.34. The second kappa shape index (κ2) is 13.1. The van der Waals surface area contributed by atoms with Gasteiger partial charge in [-0.2, -0.15) is 0 Å². The summed E-state index contributed by atoms with van der Waals surface area (Å²) in [5.41, 5.74) is 0. The molecule has 7 heteroatoms. The molecule has 0 N–H and O–H groups in total. The van der Waals surface area contributed by atoms with Gasteiger partial charge >= 0.3 is 0 Å². The van der Waals surface area contributed by atoms with E-state index in [1.807, 2.05) is 0 Å². The van der Waals surface area contributed by atoms with Gasteiger partial charge in [-0.1, -0.05) is 26.7 Å². The lowest BCUT2D eigenvalue weighted by Crippen LogP contribution is -2.48. The molecule has 0 aliphatic rings. The number of hydrogen-bond acceptors (Lipinski definition) is 5. The molecule has 140 valence electrons. The van der Waals surface area contributed by atoms with E-state index in [0.717, 1.165) is 49.9 Å². The van der Waals surface area contributed by atoms with Gasteiger partial charge in [-0.15, -0.1) is 0 Å². The van der Waals surface area contributed by atoms with Crippen molar-refractivity contribution in [3.8, 4) is 0 Å². The Morgan fingerprint density at radius 3 is 1.96 bits per heavy atom. The molecule has 0 rings (SSSR count). The van der Waals surface area contributed by atoms with Crippen LogP contribution in [0.15, 0.2) is 0 Å². The molecule has 0 aliphatic heterocycles. The smallest absolute Gasteiger partial charge is 0.102 e. The van der Waals surface area contributed by atoms with Crippen LogP contribution in [0.3, 0.4) is 0 Å². The van der Waals surface area contributed by atoms with Gasteiger partial charge in [0.2, 0.25) is 0 Å². The minimum Gasteiger partial charge on any atom is -0.748 e. The van der Waals surface area contributed by atoms with Crippen LogP contribution in [0.25, 0.3) is 0 Å². The molecule has 0 bridgehead atoms. The Labute approximate surface area is 142 Å². The monoisotopic (exact) mass is 353 g/mol. The van der Waals surface area contributed by atoms with Gasteiger partial charge in [0, 0.05) is 18.8 Å². The first kappa shape index (κ1) is 22.8. The number of nitrogens with zero attached hydrogens (tertiary/aromatic N) is 1. The summed E-state index contributed by atoms with van der Waals surface area (Å²) in [6.45, 7) is 9.38. The normalized spacial score (nSPS) is 14.8. The number of unbranched alkanes of at least 4 members (excludes halogenated alkanes) is 2. The molecule has 0 saturated heterocycles. The third-order valence-electron chi connectivity index (χ3n) is 3.93. The predicted octanol–water partition coefficient (Wildman–Crippen LogP) is 2.00. The van der Waals surface area contributed by atoms with Crippen molar-refractivity contribution in [3.63, 3.8) is 0 Å². The summed E-state index contributed by atoms with van der Waals surface area (Å²) in [5, 5.41) is 0. The second-order valence-electron chi connectivity index (χ2n) is 6.34. The largest absolute Gasteiger partial charge is 0.748 e. The van der Waals surface area contributed by atoms with Crippen molar-refractivity contribution in [2.24, 2.45) is 0 Å². The first-order valence-corrected chi connectivity index (χ1v) is 10.3. The Morgan fingerprint density at radius 2 is 1.39 bits per heavy atom. The molecule has 0 spiro atoms. The Hall–Kier alpha value is -0.210. The molecule has 0 aromatic heterocycles. The molecule has 6 nitrogen and oxygen atoms in total. The fourth-order valence-electron chi connectivity index (χ4n) is 2.35. The van der Waals surface area contributed by atoms with E-state index < -0.39 is 10.1 Å². The van der Waals surface area contributed by atoms with Crippen molar-refractivity contribution in [2.45, 2.75) is 46.0 Å². The highest BCUT2D eigenvalue weighted by Crippen LogP contribution is 2.08. The summed E-state index contributed by atoms with van der Waals surface area (Å²) in [7, 11) is -2.01. The third kappa shape index (κ3) is 15.1. The fraction of sp³-hybridized carbons (Fsp3) is 1.00. The van der Waals surface area contributed by atoms with E-state index in [-0.39, 0.29) is 5.75 Å². The minimum atomic E-state index is -4.12. The SMILES string of the molecule is CCCCOCCOCC[N+](C)(CCCC)CCCS(=O)(=O)[O-]. The van der Waals surface area contributed by atoms with Crippen molar-refractivity contribution < 1.29 is 26.9 Å². The molecule has 0 aromatic rings. The molecule has 0 heterocycles. The van der Waals surface area contributed by atoms with Crippen molar-refractivity contribution in [2.75, 3.05) is 58.9 Å². The van der Waals surface area contributed by atoms with E-state index in [1.54, 1.807) is 0 Å². The molecule has 0 radical (unpaired) electrons. The van der Waals surface area contributed by atoms with Gasteiger partial charge in [0.1, 0.15) is 6.54 Å². The summed E-state index contributed by atoms with van der Waals surface area (Å²) in [6, 6.07) is 0. The highest BCUT2D eigenvalue weighted by atomic mass is 32.2. The topological polar surface area (TPSA) is 75.7 Å². The Morgan fingerprint density at radius 1 is 0.826 bits per heavy atom. The predicted molar refractivity (Wildman–Crippen MR) is 91.4 cm³/mol. The van der Waals surface area contributed by atoms with Gasteiger partial charge in [-0.05, 0) is 12.8 Å². The average Bonchev–Trinajstić information content (AvgIpc) is 2.47. The van der Waals surface area contributed by atoms with Crippen molar-refractivity contribution in [1.29, 1.82) is 0 Å². The Bertz CT molecular complexity index is 375. The molecule has 1 atom stereocenters. The molecular weight excluding hydrogens is 318 g/mol. The first-order valence-electron chi connectivity index (χ1n) is 8.75. The van der Waals surface area contributed by atoms with E-state index in [4.69, 9.17) is 9.47 Å². The molecule has 0 saturated carbocycles. The number of ether oxygens (including phenoxy) is 2. The maximum absolute atomic E-state index is 10.7. The standard InChI is InChI=1S/C16H35NO5S/c1-4-6-9-17(3,10-8-16-23(18,19)20)11-13-22-15-14-21-12-7-5-2/h4-16H2,1-3H3. The highest BCUT2D eigenvalue weighted by Gasteiger charge is 2.20. The van der Waals surface area contributed by atoms with E-state index >= 15 is 0 Å². The van der Waals surface area contributed by atoms with Crippen molar-refractivity contribution in [1.82, 2.24) is 0 Å². The summed E-state index contributed by atoms with van der Waals surface area (Å²) in [5.74, 6) is -0.279. The average molecular weight is 354 g/mol. The lowest BCUT2D eigenvalue weighted by molar-refractivity contribution is -0.910. The van der Waals surface area contributed by atoms with Gasteiger partial charge in [-0.25, -0.2) is 8.42 Å². The van der Waals surface area contributed by atoms with Crippen LogP contribution in [0.4, 0.5) is 0 Å². The molecule has 23 heavy (non-hydrogen) atoms. The summed E-state index contributed by atoms with van der Waals surface area (Å²) >= 11 is 0. The number of likely N-dealkylation sites (N-methyl/N-ethyl adjacent to an activating group) is 1. The van der Waals surface area contributed by atoms with Crippen LogP contribution in [0.1, 0.15) is 46.0 Å². The first-order chi connectivity index (χ1) is 10.8. The van der Waals surface area contributed by atoms with E-state index in [1.165, 1.54) is 0 Å². The van der Waals surface area contributed by atoms with Crippen LogP contribution in [-0.2, 0) is 19.6 Å². The summed E-state index contributed by atoms with van der Waals surface area (Å²) < 4.78 is 44.0. The quantitative estimate of drug-likeness (QED) is 0.241. The number of hydrogen-bond donors (Lipinski definition) is 0. The Kier molecular flexibility index (Phi) is 13.0. The molecule has 0 amide bonds. The Balaban J connectivity index is 3.97. The number of rotatable bonds is 16. The van der Waals surface area contributed by atoms with Gasteiger partial charge in [0.25, 0.3) is 0 Å². The zero-order valence-corrected chi connectivity index (χ0v) is 15.9. The van der Waals surface area contributed by atoms with Crippen LogP contribution in [0.5, 0.6) is 0 Å². The van der Waals surface area contributed by atoms with Crippen LogP contribution < -0.4 is 0 Å². The molecule has 0 fully saturated rings. The third-order valence-corrected chi connectivity index (χ3v) is 4.72. The van der Waals surface area contributed by atoms with Gasteiger partial charge in [-0.3, -0.25) is 0 Å². The summed E-state index contributed by atoms with van der Waals surface area (Å²) in [4.78, 5) is 0. The van der Waals surface area contributed by atoms with E-state index in [2.05, 4.69) is 20.9 Å². The lowest BCUT2D eigenvalue weighted by atomic mass is 10.2. The van der Waals surface area contributed by atoms with Gasteiger partial charge < -0.3 is 18.5 Å². The maximum Gasteiger partial charge on any atom is 0.102 e. The second-order valence-corrected chi connectivity index (χ2v) is 7.86. The zero-order valence-electron chi connectivity index (χ0n) is 15.1. The van der Waals surface area contributed by atoms with Crippen LogP contribution >= 0.6 is 0 Å². The molecule has 0 aromatic carbocycles. The number of quaternary nitrogens is 1. The van der Waals surface area contributed by atoms with Crippen LogP contribution in [-0.4, -0.2) is 76.3 Å². The molecular formula is C16H35NO5S. The molecule has 1 unspecified atom stereocenters. The minimum absolute atomic E-state index is 0.279. The maximum atomic E-state index is 10.7. The van der Waals surface area contributed by atoms with Crippen molar-refractivity contribution in [3.05, 3.63) is 0 Å². The van der Waals surface area contributed by atoms with Crippen LogP contribution in [0.2, 0.25) is 0 Å². The highest BCUT2D eigenvalue weighted by molar-refractivity contribution is 7.85. The van der Waals surface area contributed by atoms with Gasteiger partial charge in [0.05, 0.1) is 50.1 Å². The summed E-state index contributed by atoms with van der Waals surface area (Å²) in [6.07, 6.45) is 4.80. The zero-order chi connectivity index (χ0) is 17.6. The van der Waals surface area contributed by atoms with Gasteiger partial charge in [0.15, 0.2) is 0 Å². The fourth-order valence-corrected chi connectivity index (χ4v) is 2.83.